The second-order valence-electron chi connectivity index (χ2n) is 8.67. The molecule has 1 aromatic carbocycles. The van der Waals surface area contributed by atoms with E-state index in [4.69, 9.17) is 0 Å². The molecule has 0 bridgehead atoms. The SMILES string of the molecule is Cc1cc2nc(C)c(CCC(=O)N3CCN(Cc4ccc(OC(F)(F)F)cc4)CC3)c(C)n2n1. The Balaban J connectivity index is 1.27. The zero-order valence-corrected chi connectivity index (χ0v) is 19.5. The van der Waals surface area contributed by atoms with Crippen LogP contribution in [0.25, 0.3) is 5.65 Å². The molecule has 0 atom stereocenters. The summed E-state index contributed by atoms with van der Waals surface area (Å²) in [6, 6.07) is 7.86. The quantitative estimate of drug-likeness (QED) is 0.542. The van der Waals surface area contributed by atoms with Crippen LogP contribution in [0.5, 0.6) is 5.75 Å². The van der Waals surface area contributed by atoms with Gasteiger partial charge in [0.05, 0.1) is 5.69 Å². The molecule has 1 saturated heterocycles. The van der Waals surface area contributed by atoms with Crippen LogP contribution in [-0.2, 0) is 17.8 Å². The van der Waals surface area contributed by atoms with Crippen LogP contribution in [0.2, 0.25) is 0 Å². The second kappa shape index (κ2) is 9.61. The van der Waals surface area contributed by atoms with Gasteiger partial charge >= 0.3 is 6.36 Å². The summed E-state index contributed by atoms with van der Waals surface area (Å²) >= 11 is 0. The van der Waals surface area contributed by atoms with Crippen molar-refractivity contribution in [3.63, 3.8) is 0 Å². The van der Waals surface area contributed by atoms with E-state index in [2.05, 4.69) is 19.7 Å². The lowest BCUT2D eigenvalue weighted by Crippen LogP contribution is -2.48. The smallest absolute Gasteiger partial charge is 0.406 e. The molecule has 0 aliphatic carbocycles. The first-order chi connectivity index (χ1) is 16.1. The monoisotopic (exact) mass is 475 g/mol. The van der Waals surface area contributed by atoms with Gasteiger partial charge in [-0.1, -0.05) is 12.1 Å². The van der Waals surface area contributed by atoms with Crippen molar-refractivity contribution in [1.29, 1.82) is 0 Å². The van der Waals surface area contributed by atoms with Crippen LogP contribution in [0.4, 0.5) is 13.2 Å². The van der Waals surface area contributed by atoms with Gasteiger partial charge in [-0.2, -0.15) is 5.10 Å². The Kier molecular flexibility index (Phi) is 6.79. The molecule has 1 aliphatic rings. The lowest BCUT2D eigenvalue weighted by atomic mass is 10.1. The van der Waals surface area contributed by atoms with E-state index in [1.54, 1.807) is 12.1 Å². The van der Waals surface area contributed by atoms with Crippen molar-refractivity contribution in [1.82, 2.24) is 24.4 Å². The number of aryl methyl sites for hydroxylation is 3. The summed E-state index contributed by atoms with van der Waals surface area (Å²) in [4.78, 5) is 21.5. The summed E-state index contributed by atoms with van der Waals surface area (Å²) in [6.45, 7) is 9.20. The summed E-state index contributed by atoms with van der Waals surface area (Å²) in [5, 5.41) is 4.49. The summed E-state index contributed by atoms with van der Waals surface area (Å²) in [5.74, 6) is -0.113. The third-order valence-electron chi connectivity index (χ3n) is 6.16. The Morgan fingerprint density at radius 2 is 1.74 bits per heavy atom. The molecule has 0 radical (unpaired) electrons. The number of aromatic nitrogens is 3. The molecule has 3 aromatic rings. The lowest BCUT2D eigenvalue weighted by Gasteiger charge is -2.35. The van der Waals surface area contributed by atoms with E-state index in [-0.39, 0.29) is 11.7 Å². The predicted octanol–water partition coefficient (Wildman–Crippen LogP) is 3.83. The average molecular weight is 476 g/mol. The van der Waals surface area contributed by atoms with E-state index >= 15 is 0 Å². The van der Waals surface area contributed by atoms with Crippen LogP contribution < -0.4 is 4.74 Å². The highest BCUT2D eigenvalue weighted by atomic mass is 19.4. The van der Waals surface area contributed by atoms with Gasteiger partial charge in [-0.3, -0.25) is 9.69 Å². The van der Waals surface area contributed by atoms with Crippen LogP contribution in [0.3, 0.4) is 0 Å². The van der Waals surface area contributed by atoms with Gasteiger partial charge in [0.25, 0.3) is 0 Å². The third kappa shape index (κ3) is 5.67. The molecule has 0 spiro atoms. The van der Waals surface area contributed by atoms with Gasteiger partial charge in [0.1, 0.15) is 5.75 Å². The number of rotatable bonds is 6. The Morgan fingerprint density at radius 3 is 2.38 bits per heavy atom. The molecule has 4 rings (SSSR count). The molecular weight excluding hydrogens is 447 g/mol. The van der Waals surface area contributed by atoms with E-state index < -0.39 is 6.36 Å². The normalized spacial score (nSPS) is 15.2. The Hall–Kier alpha value is -3.14. The van der Waals surface area contributed by atoms with E-state index in [0.29, 0.717) is 45.6 Å². The number of amides is 1. The lowest BCUT2D eigenvalue weighted by molar-refractivity contribution is -0.274. The fourth-order valence-electron chi connectivity index (χ4n) is 4.40. The van der Waals surface area contributed by atoms with Crippen molar-refractivity contribution in [3.05, 3.63) is 58.5 Å². The molecule has 0 saturated carbocycles. The van der Waals surface area contributed by atoms with Gasteiger partial charge in [0, 0.05) is 56.6 Å². The van der Waals surface area contributed by atoms with Gasteiger partial charge in [0.15, 0.2) is 5.65 Å². The minimum Gasteiger partial charge on any atom is -0.406 e. The number of halogens is 3. The molecule has 1 aliphatic heterocycles. The summed E-state index contributed by atoms with van der Waals surface area (Å²) < 4.78 is 42.7. The second-order valence-corrected chi connectivity index (χ2v) is 8.67. The fraction of sp³-hybridized carbons (Fsp3) is 0.458. The van der Waals surface area contributed by atoms with Crippen molar-refractivity contribution < 1.29 is 22.7 Å². The highest BCUT2D eigenvalue weighted by Crippen LogP contribution is 2.23. The molecule has 182 valence electrons. The minimum atomic E-state index is -4.69. The Labute approximate surface area is 196 Å². The molecular formula is C24H28F3N5O2. The molecule has 10 heteroatoms. The fourth-order valence-corrected chi connectivity index (χ4v) is 4.40. The van der Waals surface area contributed by atoms with Crippen LogP contribution in [-0.4, -0.2) is 62.8 Å². The minimum absolute atomic E-state index is 0.115. The topological polar surface area (TPSA) is 63.0 Å². The van der Waals surface area contributed by atoms with E-state index in [1.807, 2.05) is 36.3 Å². The Morgan fingerprint density at radius 1 is 1.06 bits per heavy atom. The molecule has 34 heavy (non-hydrogen) atoms. The molecule has 1 amide bonds. The largest absolute Gasteiger partial charge is 0.573 e. The van der Waals surface area contributed by atoms with Gasteiger partial charge < -0.3 is 9.64 Å². The number of carbonyl (C=O) groups is 1. The number of nitrogens with zero attached hydrogens (tertiary/aromatic N) is 5. The molecule has 1 fully saturated rings. The van der Waals surface area contributed by atoms with Gasteiger partial charge in [-0.15, -0.1) is 13.2 Å². The third-order valence-corrected chi connectivity index (χ3v) is 6.16. The summed E-state index contributed by atoms with van der Waals surface area (Å²) in [7, 11) is 0. The van der Waals surface area contributed by atoms with Crippen molar-refractivity contribution in [2.75, 3.05) is 26.2 Å². The summed E-state index contributed by atoms with van der Waals surface area (Å²) in [6.07, 6.45) is -3.66. The maximum atomic E-state index is 12.8. The van der Waals surface area contributed by atoms with Crippen LogP contribution in [0, 0.1) is 20.8 Å². The van der Waals surface area contributed by atoms with Gasteiger partial charge in [0.2, 0.25) is 5.91 Å². The van der Waals surface area contributed by atoms with Crippen LogP contribution >= 0.6 is 0 Å². The molecule has 7 nitrogen and oxygen atoms in total. The first kappa shape index (κ1) is 24.0. The van der Waals surface area contributed by atoms with Crippen molar-refractivity contribution in [2.24, 2.45) is 0 Å². The first-order valence-corrected chi connectivity index (χ1v) is 11.3. The Bertz CT molecular complexity index is 1170. The average Bonchev–Trinajstić information content (AvgIpc) is 3.14. The number of ether oxygens (including phenoxy) is 1. The molecule has 0 unspecified atom stereocenters. The maximum absolute atomic E-state index is 12.8. The number of piperazine rings is 1. The van der Waals surface area contributed by atoms with Crippen LogP contribution in [0.1, 0.15) is 34.6 Å². The molecule has 0 N–H and O–H groups in total. The summed E-state index contributed by atoms with van der Waals surface area (Å²) in [5.41, 5.74) is 5.62. The van der Waals surface area contributed by atoms with Crippen molar-refractivity contribution in [3.8, 4) is 5.75 Å². The van der Waals surface area contributed by atoms with Crippen molar-refractivity contribution >= 4 is 11.6 Å². The van der Waals surface area contributed by atoms with Gasteiger partial charge in [-0.25, -0.2) is 9.50 Å². The molecule has 3 heterocycles. The van der Waals surface area contributed by atoms with E-state index in [9.17, 15) is 18.0 Å². The number of hydrogen-bond acceptors (Lipinski definition) is 5. The molecule has 2 aromatic heterocycles. The number of alkyl halides is 3. The standard InChI is InChI=1S/C24H28F3N5O2/c1-16-14-22-28-17(2)21(18(3)32(22)29-16)8-9-23(33)31-12-10-30(11-13-31)15-19-4-6-20(7-5-19)34-24(25,26)27/h4-7,14H,8-13,15H2,1-3H3. The zero-order valence-electron chi connectivity index (χ0n) is 19.5. The number of carbonyl (C=O) groups excluding carboxylic acids is 1. The number of fused-ring (bicyclic) bond motifs is 1. The first-order valence-electron chi connectivity index (χ1n) is 11.3. The number of benzene rings is 1. The van der Waals surface area contributed by atoms with E-state index in [0.717, 1.165) is 33.9 Å². The van der Waals surface area contributed by atoms with Crippen LogP contribution in [0.15, 0.2) is 30.3 Å². The number of hydrogen-bond donors (Lipinski definition) is 0. The van der Waals surface area contributed by atoms with Crippen molar-refractivity contribution in [2.45, 2.75) is 46.5 Å². The maximum Gasteiger partial charge on any atom is 0.573 e. The van der Waals surface area contributed by atoms with E-state index in [1.165, 1.54) is 12.1 Å². The highest BCUT2D eigenvalue weighted by Gasteiger charge is 2.31. The highest BCUT2D eigenvalue weighted by molar-refractivity contribution is 5.76. The predicted molar refractivity (Wildman–Crippen MR) is 121 cm³/mol. The van der Waals surface area contributed by atoms with Gasteiger partial charge in [-0.05, 0) is 50.5 Å². The zero-order chi connectivity index (χ0) is 24.5.